The summed E-state index contributed by atoms with van der Waals surface area (Å²) in [5.74, 6) is 1.18. The van der Waals surface area contributed by atoms with Crippen LogP contribution in [0.2, 0.25) is 0 Å². The second-order valence-corrected chi connectivity index (χ2v) is 8.61. The Balaban J connectivity index is 1.33. The number of hydrogen-bond donors (Lipinski definition) is 1. The molecule has 0 unspecified atom stereocenters. The highest BCUT2D eigenvalue weighted by molar-refractivity contribution is 7.08. The van der Waals surface area contributed by atoms with E-state index in [1.807, 2.05) is 47.2 Å². The fraction of sp³-hybridized carbons (Fsp3) is 0.292. The Labute approximate surface area is 190 Å². The molecule has 1 saturated heterocycles. The first-order valence-electron chi connectivity index (χ1n) is 10.6. The molecular weight excluding hydrogens is 429 g/mol. The zero-order chi connectivity index (χ0) is 21.9. The quantitative estimate of drug-likeness (QED) is 0.613. The molecule has 1 N–H and O–H groups in total. The Hall–Kier alpha value is -3.10. The molecule has 2 aliphatic rings. The van der Waals surface area contributed by atoms with Gasteiger partial charge in [-0.05, 0) is 41.3 Å². The second-order valence-electron chi connectivity index (χ2n) is 7.82. The standard InChI is InChI=1S/C24H24FN3O3S/c25-19-3-1-2-4-20(19)27-8-10-28(11-9-27)21(14-26-24(29)18-7-12-32-15-18)17-5-6-22-23(13-17)31-16-30-22/h1-7,12-13,15,21H,8-11,14,16H2,(H,26,29)/t21-/m0/s1. The van der Waals surface area contributed by atoms with E-state index in [0.29, 0.717) is 30.9 Å². The number of nitrogens with zero attached hydrogens (tertiary/aromatic N) is 2. The SMILES string of the molecule is O=C(NC[C@@H](c1ccc2c(c1)OCO2)N1CCN(c2ccccc2F)CC1)c1ccsc1. The van der Waals surface area contributed by atoms with Crippen LogP contribution in [0.3, 0.4) is 0 Å². The molecule has 1 fully saturated rings. The third-order valence-electron chi connectivity index (χ3n) is 5.97. The normalized spacial score (nSPS) is 16.7. The van der Waals surface area contributed by atoms with Gasteiger partial charge in [0.15, 0.2) is 11.5 Å². The molecule has 5 rings (SSSR count). The first-order chi connectivity index (χ1) is 15.7. The van der Waals surface area contributed by atoms with E-state index in [2.05, 4.69) is 15.1 Å². The molecule has 8 heteroatoms. The molecule has 0 radical (unpaired) electrons. The lowest BCUT2D eigenvalue weighted by Crippen LogP contribution is -2.50. The minimum atomic E-state index is -0.198. The van der Waals surface area contributed by atoms with E-state index in [-0.39, 0.29) is 24.6 Å². The predicted molar refractivity (Wildman–Crippen MR) is 122 cm³/mol. The third kappa shape index (κ3) is 4.28. The van der Waals surface area contributed by atoms with Crippen molar-refractivity contribution < 1.29 is 18.7 Å². The molecule has 1 aromatic heterocycles. The Morgan fingerprint density at radius 3 is 2.66 bits per heavy atom. The van der Waals surface area contributed by atoms with Crippen LogP contribution in [-0.4, -0.2) is 50.3 Å². The number of thiophene rings is 1. The number of rotatable bonds is 6. The van der Waals surface area contributed by atoms with Gasteiger partial charge in [-0.2, -0.15) is 11.3 Å². The third-order valence-corrected chi connectivity index (χ3v) is 6.65. The largest absolute Gasteiger partial charge is 0.454 e. The van der Waals surface area contributed by atoms with Crippen molar-refractivity contribution in [1.82, 2.24) is 10.2 Å². The zero-order valence-corrected chi connectivity index (χ0v) is 18.3. The number of carbonyl (C=O) groups excluding carboxylic acids is 1. The molecule has 1 amide bonds. The number of fused-ring (bicyclic) bond motifs is 1. The molecule has 3 aromatic rings. The summed E-state index contributed by atoms with van der Waals surface area (Å²) >= 11 is 1.50. The fourth-order valence-electron chi connectivity index (χ4n) is 4.25. The lowest BCUT2D eigenvalue weighted by molar-refractivity contribution is 0.0930. The van der Waals surface area contributed by atoms with Crippen molar-refractivity contribution >= 4 is 22.9 Å². The van der Waals surface area contributed by atoms with Gasteiger partial charge in [0, 0.05) is 43.7 Å². The van der Waals surface area contributed by atoms with Gasteiger partial charge in [0.05, 0.1) is 11.7 Å². The van der Waals surface area contributed by atoms with Gasteiger partial charge >= 0.3 is 0 Å². The Morgan fingerprint density at radius 1 is 1.06 bits per heavy atom. The topological polar surface area (TPSA) is 54.0 Å². The van der Waals surface area contributed by atoms with Gasteiger partial charge in [0.2, 0.25) is 6.79 Å². The molecule has 0 bridgehead atoms. The van der Waals surface area contributed by atoms with Crippen LogP contribution >= 0.6 is 11.3 Å². The van der Waals surface area contributed by atoms with Crippen molar-refractivity contribution in [2.75, 3.05) is 44.4 Å². The number of hydrogen-bond acceptors (Lipinski definition) is 6. The van der Waals surface area contributed by atoms with E-state index in [1.165, 1.54) is 17.4 Å². The van der Waals surface area contributed by atoms with Crippen molar-refractivity contribution in [3.63, 3.8) is 0 Å². The van der Waals surface area contributed by atoms with Crippen molar-refractivity contribution in [3.05, 3.63) is 76.2 Å². The number of anilines is 1. The van der Waals surface area contributed by atoms with Crippen molar-refractivity contribution in [2.24, 2.45) is 0 Å². The van der Waals surface area contributed by atoms with Gasteiger partial charge in [-0.15, -0.1) is 0 Å². The molecule has 6 nitrogen and oxygen atoms in total. The fourth-order valence-corrected chi connectivity index (χ4v) is 4.88. The molecule has 1 atom stereocenters. The van der Waals surface area contributed by atoms with E-state index < -0.39 is 0 Å². The van der Waals surface area contributed by atoms with Gasteiger partial charge in [-0.1, -0.05) is 18.2 Å². The smallest absolute Gasteiger partial charge is 0.252 e. The van der Waals surface area contributed by atoms with Crippen LogP contribution < -0.4 is 19.7 Å². The van der Waals surface area contributed by atoms with Crippen LogP contribution in [0.5, 0.6) is 11.5 Å². The summed E-state index contributed by atoms with van der Waals surface area (Å²) in [5, 5.41) is 6.82. The van der Waals surface area contributed by atoms with E-state index in [9.17, 15) is 9.18 Å². The Morgan fingerprint density at radius 2 is 1.88 bits per heavy atom. The average molecular weight is 454 g/mol. The minimum Gasteiger partial charge on any atom is -0.454 e. The molecule has 2 aromatic carbocycles. The van der Waals surface area contributed by atoms with Gasteiger partial charge in [0.1, 0.15) is 5.82 Å². The van der Waals surface area contributed by atoms with E-state index in [1.54, 1.807) is 6.07 Å². The number of benzene rings is 2. The summed E-state index contributed by atoms with van der Waals surface area (Å²) < 4.78 is 25.3. The first kappa shape index (κ1) is 20.8. The lowest BCUT2D eigenvalue weighted by atomic mass is 10.0. The maximum absolute atomic E-state index is 14.2. The summed E-state index contributed by atoms with van der Waals surface area (Å²) in [4.78, 5) is 17.0. The van der Waals surface area contributed by atoms with Gasteiger partial charge in [-0.25, -0.2) is 4.39 Å². The molecule has 0 spiro atoms. The summed E-state index contributed by atoms with van der Waals surface area (Å²) in [6, 6.07) is 14.6. The predicted octanol–water partition coefficient (Wildman–Crippen LogP) is 3.91. The maximum Gasteiger partial charge on any atom is 0.252 e. The highest BCUT2D eigenvalue weighted by Crippen LogP contribution is 2.36. The van der Waals surface area contributed by atoms with Crippen molar-refractivity contribution in [3.8, 4) is 11.5 Å². The van der Waals surface area contributed by atoms with E-state index >= 15 is 0 Å². The monoisotopic (exact) mass is 453 g/mol. The van der Waals surface area contributed by atoms with Crippen LogP contribution in [0.1, 0.15) is 22.0 Å². The molecule has 0 saturated carbocycles. The number of piperazine rings is 1. The lowest BCUT2D eigenvalue weighted by Gasteiger charge is -2.40. The van der Waals surface area contributed by atoms with Crippen molar-refractivity contribution in [1.29, 1.82) is 0 Å². The number of nitrogens with one attached hydrogen (secondary N) is 1. The van der Waals surface area contributed by atoms with Crippen LogP contribution in [0, 0.1) is 5.82 Å². The average Bonchev–Trinajstić information content (AvgIpc) is 3.52. The first-order valence-corrected chi connectivity index (χ1v) is 11.6. The Kier molecular flexibility index (Phi) is 5.96. The number of carbonyl (C=O) groups is 1. The van der Waals surface area contributed by atoms with E-state index in [0.717, 1.165) is 30.2 Å². The summed E-state index contributed by atoms with van der Waals surface area (Å²) in [7, 11) is 0. The summed E-state index contributed by atoms with van der Waals surface area (Å²) in [6.07, 6.45) is 0. The number of para-hydroxylation sites is 1. The molecule has 166 valence electrons. The van der Waals surface area contributed by atoms with Gasteiger partial charge < -0.3 is 19.7 Å². The molecule has 2 aliphatic heterocycles. The molecule has 3 heterocycles. The molecule has 0 aliphatic carbocycles. The molecular formula is C24H24FN3O3S. The number of halogens is 1. The maximum atomic E-state index is 14.2. The van der Waals surface area contributed by atoms with Gasteiger partial charge in [-0.3, -0.25) is 9.69 Å². The van der Waals surface area contributed by atoms with Crippen molar-refractivity contribution in [2.45, 2.75) is 6.04 Å². The summed E-state index contributed by atoms with van der Waals surface area (Å²) in [6.45, 7) is 3.61. The molecule has 32 heavy (non-hydrogen) atoms. The van der Waals surface area contributed by atoms with Crippen LogP contribution in [0.4, 0.5) is 10.1 Å². The Bertz CT molecular complexity index is 1080. The van der Waals surface area contributed by atoms with Crippen LogP contribution in [-0.2, 0) is 0 Å². The highest BCUT2D eigenvalue weighted by Gasteiger charge is 2.28. The highest BCUT2D eigenvalue weighted by atomic mass is 32.1. The number of ether oxygens (including phenoxy) is 2. The van der Waals surface area contributed by atoms with E-state index in [4.69, 9.17) is 9.47 Å². The number of amides is 1. The van der Waals surface area contributed by atoms with Crippen LogP contribution in [0.15, 0.2) is 59.3 Å². The van der Waals surface area contributed by atoms with Crippen LogP contribution in [0.25, 0.3) is 0 Å². The zero-order valence-electron chi connectivity index (χ0n) is 17.5. The summed E-state index contributed by atoms with van der Waals surface area (Å²) in [5.41, 5.74) is 2.36. The second kappa shape index (κ2) is 9.18. The minimum absolute atomic E-state index is 0.0325. The van der Waals surface area contributed by atoms with Gasteiger partial charge in [0.25, 0.3) is 5.91 Å².